The summed E-state index contributed by atoms with van der Waals surface area (Å²) >= 11 is 0. The molecule has 21 heavy (non-hydrogen) atoms. The van der Waals surface area contributed by atoms with Crippen LogP contribution in [0.5, 0.6) is 5.75 Å². The number of urea groups is 1. The van der Waals surface area contributed by atoms with Gasteiger partial charge in [-0.3, -0.25) is 10.1 Å². The molecule has 0 radical (unpaired) electrons. The Bertz CT molecular complexity index is 609. The Morgan fingerprint density at radius 1 is 0.952 bits per heavy atom. The summed E-state index contributed by atoms with van der Waals surface area (Å²) in [4.78, 5) is 23.3. The van der Waals surface area contributed by atoms with Gasteiger partial charge in [0.2, 0.25) is 0 Å². The first-order valence-electron chi connectivity index (χ1n) is 6.57. The topological polar surface area (TPSA) is 78.4 Å². The smallest absolute Gasteiger partial charge is 0.321 e. The molecule has 3 N–H and O–H groups in total. The van der Waals surface area contributed by atoms with E-state index in [1.807, 2.05) is 0 Å². The third-order valence-electron chi connectivity index (χ3n) is 2.90. The van der Waals surface area contributed by atoms with Crippen molar-refractivity contribution >= 4 is 11.9 Å². The van der Waals surface area contributed by atoms with E-state index in [2.05, 4.69) is 10.6 Å². The summed E-state index contributed by atoms with van der Waals surface area (Å²) in [5.41, 5.74) is 1.42. The molecule has 0 saturated carbocycles. The van der Waals surface area contributed by atoms with E-state index in [-0.39, 0.29) is 5.75 Å². The molecule has 3 amide bonds. The minimum Gasteiger partial charge on any atom is -0.508 e. The van der Waals surface area contributed by atoms with Crippen LogP contribution in [0.15, 0.2) is 54.6 Å². The van der Waals surface area contributed by atoms with E-state index in [1.54, 1.807) is 54.6 Å². The maximum atomic E-state index is 11.7. The quantitative estimate of drug-likeness (QED) is 0.804. The van der Waals surface area contributed by atoms with E-state index in [0.29, 0.717) is 18.5 Å². The predicted octanol–water partition coefficient (Wildman–Crippen LogP) is 2.07. The van der Waals surface area contributed by atoms with Gasteiger partial charge in [0, 0.05) is 12.1 Å². The van der Waals surface area contributed by atoms with Gasteiger partial charge in [-0.05, 0) is 36.2 Å². The summed E-state index contributed by atoms with van der Waals surface area (Å²) < 4.78 is 0. The second kappa shape index (κ2) is 7.09. The monoisotopic (exact) mass is 284 g/mol. The van der Waals surface area contributed by atoms with Crippen molar-refractivity contribution in [2.45, 2.75) is 6.42 Å². The largest absolute Gasteiger partial charge is 0.508 e. The van der Waals surface area contributed by atoms with Crippen molar-refractivity contribution < 1.29 is 14.7 Å². The lowest BCUT2D eigenvalue weighted by Gasteiger charge is -2.07. The number of carbonyl (C=O) groups is 2. The Kier molecular flexibility index (Phi) is 4.93. The Labute approximate surface area is 122 Å². The molecule has 2 rings (SSSR count). The van der Waals surface area contributed by atoms with Gasteiger partial charge in [0.25, 0.3) is 5.91 Å². The fraction of sp³-hybridized carbons (Fsp3) is 0.125. The van der Waals surface area contributed by atoms with E-state index in [1.165, 1.54) is 0 Å². The van der Waals surface area contributed by atoms with Crippen LogP contribution in [0.25, 0.3) is 0 Å². The summed E-state index contributed by atoms with van der Waals surface area (Å²) in [5.74, 6) is -0.226. The molecule has 0 unspecified atom stereocenters. The molecule has 0 atom stereocenters. The van der Waals surface area contributed by atoms with E-state index in [0.717, 1.165) is 5.56 Å². The van der Waals surface area contributed by atoms with E-state index >= 15 is 0 Å². The first-order chi connectivity index (χ1) is 10.1. The normalized spacial score (nSPS) is 9.90. The van der Waals surface area contributed by atoms with Gasteiger partial charge in [-0.2, -0.15) is 0 Å². The zero-order valence-electron chi connectivity index (χ0n) is 11.4. The van der Waals surface area contributed by atoms with Crippen molar-refractivity contribution in [3.8, 4) is 5.75 Å². The zero-order valence-corrected chi connectivity index (χ0v) is 11.4. The fourth-order valence-corrected chi connectivity index (χ4v) is 1.79. The van der Waals surface area contributed by atoms with Crippen molar-refractivity contribution in [2.24, 2.45) is 0 Å². The number of benzene rings is 2. The highest BCUT2D eigenvalue weighted by Gasteiger charge is 2.08. The molecule has 0 spiro atoms. The number of hydrogen-bond donors (Lipinski definition) is 3. The second-order valence-corrected chi connectivity index (χ2v) is 4.49. The van der Waals surface area contributed by atoms with Crippen LogP contribution in [0.1, 0.15) is 15.9 Å². The summed E-state index contributed by atoms with van der Waals surface area (Å²) in [6.07, 6.45) is 0.618. The Balaban J connectivity index is 1.75. The number of nitrogens with one attached hydrogen (secondary N) is 2. The molecular weight excluding hydrogens is 268 g/mol. The van der Waals surface area contributed by atoms with Gasteiger partial charge in [0.15, 0.2) is 0 Å². The number of aromatic hydroxyl groups is 1. The van der Waals surface area contributed by atoms with Gasteiger partial charge in [-0.25, -0.2) is 4.79 Å². The molecule has 0 aliphatic rings. The van der Waals surface area contributed by atoms with Crippen molar-refractivity contribution in [2.75, 3.05) is 6.54 Å². The maximum Gasteiger partial charge on any atom is 0.321 e. The molecule has 0 aromatic heterocycles. The molecule has 2 aromatic rings. The second-order valence-electron chi connectivity index (χ2n) is 4.49. The molecule has 0 aliphatic carbocycles. The number of carbonyl (C=O) groups excluding carboxylic acids is 2. The Hall–Kier alpha value is -2.82. The standard InChI is InChI=1S/C16H16N2O3/c19-14-8-6-12(7-9-14)10-11-17-16(21)18-15(20)13-4-2-1-3-5-13/h1-9,19H,10-11H2,(H2,17,18,20,21). The first-order valence-corrected chi connectivity index (χ1v) is 6.57. The van der Waals surface area contributed by atoms with Crippen molar-refractivity contribution in [3.63, 3.8) is 0 Å². The summed E-state index contributed by atoms with van der Waals surface area (Å²) in [7, 11) is 0. The third kappa shape index (κ3) is 4.65. The lowest BCUT2D eigenvalue weighted by atomic mass is 10.1. The molecule has 0 bridgehead atoms. The molecule has 0 fully saturated rings. The highest BCUT2D eigenvalue weighted by atomic mass is 16.3. The van der Waals surface area contributed by atoms with Crippen molar-refractivity contribution in [1.82, 2.24) is 10.6 Å². The fourth-order valence-electron chi connectivity index (χ4n) is 1.79. The minimum atomic E-state index is -0.525. The molecule has 5 heteroatoms. The van der Waals surface area contributed by atoms with Gasteiger partial charge in [0.1, 0.15) is 5.75 Å². The molecule has 0 heterocycles. The number of phenolic OH excluding ortho intramolecular Hbond substituents is 1. The van der Waals surface area contributed by atoms with Crippen LogP contribution < -0.4 is 10.6 Å². The summed E-state index contributed by atoms with van der Waals surface area (Å²) in [6.45, 7) is 0.401. The molecule has 108 valence electrons. The predicted molar refractivity (Wildman–Crippen MR) is 79.1 cm³/mol. The Morgan fingerprint density at radius 2 is 1.62 bits per heavy atom. The average Bonchev–Trinajstić information content (AvgIpc) is 2.50. The summed E-state index contributed by atoms with van der Waals surface area (Å²) in [5, 5.41) is 14.0. The molecule has 2 aromatic carbocycles. The van der Waals surface area contributed by atoms with Crippen LogP contribution in [0.3, 0.4) is 0 Å². The molecule has 5 nitrogen and oxygen atoms in total. The lowest BCUT2D eigenvalue weighted by molar-refractivity contribution is 0.0964. The van der Waals surface area contributed by atoms with Crippen LogP contribution in [0, 0.1) is 0 Å². The number of imide groups is 1. The minimum absolute atomic E-state index is 0.206. The van der Waals surface area contributed by atoms with Gasteiger partial charge in [-0.15, -0.1) is 0 Å². The van der Waals surface area contributed by atoms with Crippen LogP contribution in [0.2, 0.25) is 0 Å². The number of rotatable bonds is 4. The number of hydrogen-bond acceptors (Lipinski definition) is 3. The van der Waals surface area contributed by atoms with E-state index in [4.69, 9.17) is 5.11 Å². The number of amides is 3. The number of phenols is 1. The van der Waals surface area contributed by atoms with E-state index in [9.17, 15) is 9.59 Å². The van der Waals surface area contributed by atoms with Crippen LogP contribution in [-0.2, 0) is 6.42 Å². The molecule has 0 saturated heterocycles. The van der Waals surface area contributed by atoms with Crippen LogP contribution >= 0.6 is 0 Å². The van der Waals surface area contributed by atoms with Gasteiger partial charge in [-0.1, -0.05) is 30.3 Å². The lowest BCUT2D eigenvalue weighted by Crippen LogP contribution is -2.40. The van der Waals surface area contributed by atoms with Gasteiger partial charge < -0.3 is 10.4 Å². The first kappa shape index (κ1) is 14.6. The molecular formula is C16H16N2O3. The maximum absolute atomic E-state index is 11.7. The molecule has 0 aliphatic heterocycles. The SMILES string of the molecule is O=C(NCCc1ccc(O)cc1)NC(=O)c1ccccc1. The highest BCUT2D eigenvalue weighted by Crippen LogP contribution is 2.09. The summed E-state index contributed by atoms with van der Waals surface area (Å²) in [6, 6.07) is 14.8. The van der Waals surface area contributed by atoms with Crippen molar-refractivity contribution in [1.29, 1.82) is 0 Å². The van der Waals surface area contributed by atoms with Crippen LogP contribution in [-0.4, -0.2) is 23.6 Å². The van der Waals surface area contributed by atoms with Gasteiger partial charge >= 0.3 is 6.03 Å². The van der Waals surface area contributed by atoms with Crippen molar-refractivity contribution in [3.05, 3.63) is 65.7 Å². The zero-order chi connectivity index (χ0) is 15.1. The average molecular weight is 284 g/mol. The van der Waals surface area contributed by atoms with Crippen LogP contribution in [0.4, 0.5) is 4.79 Å². The highest BCUT2D eigenvalue weighted by molar-refractivity contribution is 6.04. The van der Waals surface area contributed by atoms with Gasteiger partial charge in [0.05, 0.1) is 0 Å². The Morgan fingerprint density at radius 3 is 2.29 bits per heavy atom. The van der Waals surface area contributed by atoms with E-state index < -0.39 is 11.9 Å². The third-order valence-corrected chi connectivity index (χ3v) is 2.90.